The van der Waals surface area contributed by atoms with E-state index in [1.807, 2.05) is 13.8 Å². The van der Waals surface area contributed by atoms with Crippen LogP contribution in [0, 0.1) is 16.0 Å². The van der Waals surface area contributed by atoms with Gasteiger partial charge in [0, 0.05) is 20.0 Å². The number of nitrogens with zero attached hydrogens (tertiary/aromatic N) is 2. The van der Waals surface area contributed by atoms with Crippen LogP contribution in [0.1, 0.15) is 40.0 Å². The van der Waals surface area contributed by atoms with Gasteiger partial charge in [-0.05, 0) is 25.2 Å². The molecule has 12 heteroatoms. The second kappa shape index (κ2) is 13.3. The molecule has 0 fully saturated rings. The number of guanidine groups is 1. The van der Waals surface area contributed by atoms with Crippen molar-refractivity contribution >= 4 is 23.7 Å². The first-order valence-corrected chi connectivity index (χ1v) is 8.64. The number of hydrogen-bond acceptors (Lipinski definition) is 6. The normalized spacial score (nSPS) is 12.2. The van der Waals surface area contributed by atoms with E-state index in [-0.39, 0.29) is 37.3 Å². The Labute approximate surface area is 157 Å². The number of hydrazine groups is 1. The van der Waals surface area contributed by atoms with E-state index in [2.05, 4.69) is 20.9 Å². The largest absolute Gasteiger partial charge is 0.365 e. The standard InChI is InChI=1S/C15H29N7O5/c1-10(2)6-8-17-14(25)12(20-13(24)9-19-11(3)23)5-4-7-18-15(16)21-22(26)27/h10,12H,4-9H2,1-3H3,(H,17,25)(H,19,23)(H,20,24)(H3,16,18,21)/t12-/m0/s1. The van der Waals surface area contributed by atoms with Gasteiger partial charge < -0.3 is 21.7 Å². The van der Waals surface area contributed by atoms with Gasteiger partial charge in [-0.25, -0.2) is 15.1 Å². The number of hydrogen-bond donors (Lipinski definition) is 5. The lowest BCUT2D eigenvalue weighted by Gasteiger charge is -2.18. The first-order chi connectivity index (χ1) is 12.6. The Morgan fingerprint density at radius 1 is 1.19 bits per heavy atom. The minimum atomic E-state index is -0.827. The third kappa shape index (κ3) is 14.0. The van der Waals surface area contributed by atoms with Crippen LogP contribution in [-0.2, 0) is 14.4 Å². The number of carbonyl (C=O) groups excluding carboxylic acids is 3. The predicted octanol–water partition coefficient (Wildman–Crippen LogP) is -1.35. The third-order valence-corrected chi connectivity index (χ3v) is 3.31. The molecule has 0 spiro atoms. The highest BCUT2D eigenvalue weighted by atomic mass is 16.7. The van der Waals surface area contributed by atoms with Crippen LogP contribution in [0.2, 0.25) is 0 Å². The van der Waals surface area contributed by atoms with Crippen molar-refractivity contribution in [3.63, 3.8) is 0 Å². The molecule has 27 heavy (non-hydrogen) atoms. The fourth-order valence-electron chi connectivity index (χ4n) is 1.95. The van der Waals surface area contributed by atoms with Gasteiger partial charge in [0.25, 0.3) is 5.96 Å². The van der Waals surface area contributed by atoms with Crippen molar-refractivity contribution in [3.05, 3.63) is 10.1 Å². The van der Waals surface area contributed by atoms with Gasteiger partial charge in [-0.1, -0.05) is 19.3 Å². The zero-order valence-corrected chi connectivity index (χ0v) is 15.9. The number of amides is 3. The van der Waals surface area contributed by atoms with Crippen LogP contribution in [0.4, 0.5) is 0 Å². The van der Waals surface area contributed by atoms with Gasteiger partial charge in [0.1, 0.15) is 6.04 Å². The Bertz CT molecular complexity index is 551. The van der Waals surface area contributed by atoms with Crippen LogP contribution in [0.5, 0.6) is 0 Å². The molecular formula is C15H29N7O5. The van der Waals surface area contributed by atoms with Crippen molar-refractivity contribution in [2.75, 3.05) is 19.6 Å². The molecule has 12 nitrogen and oxygen atoms in total. The van der Waals surface area contributed by atoms with E-state index in [0.29, 0.717) is 18.9 Å². The molecule has 0 aromatic rings. The summed E-state index contributed by atoms with van der Waals surface area (Å²) in [6.45, 7) is 5.73. The molecule has 0 aliphatic rings. The summed E-state index contributed by atoms with van der Waals surface area (Å²) in [6, 6.07) is -0.807. The first kappa shape index (κ1) is 24.1. The minimum Gasteiger partial charge on any atom is -0.365 e. The monoisotopic (exact) mass is 387 g/mol. The maximum Gasteiger partial charge on any atom is 0.251 e. The fraction of sp³-hybridized carbons (Fsp3) is 0.733. The van der Waals surface area contributed by atoms with Gasteiger partial charge in [-0.15, -0.1) is 0 Å². The molecule has 154 valence electrons. The zero-order chi connectivity index (χ0) is 20.8. The Morgan fingerprint density at radius 3 is 2.41 bits per heavy atom. The molecule has 3 amide bonds. The van der Waals surface area contributed by atoms with E-state index in [4.69, 9.17) is 5.73 Å². The third-order valence-electron chi connectivity index (χ3n) is 3.31. The molecule has 0 saturated heterocycles. The van der Waals surface area contributed by atoms with Crippen molar-refractivity contribution in [1.82, 2.24) is 21.4 Å². The summed E-state index contributed by atoms with van der Waals surface area (Å²) in [5.41, 5.74) is 7.01. The van der Waals surface area contributed by atoms with Crippen molar-refractivity contribution in [1.29, 1.82) is 0 Å². The molecule has 0 aromatic carbocycles. The van der Waals surface area contributed by atoms with E-state index in [1.165, 1.54) is 6.92 Å². The maximum absolute atomic E-state index is 12.3. The molecular weight excluding hydrogens is 358 g/mol. The molecule has 1 atom stereocenters. The molecule has 6 N–H and O–H groups in total. The Kier molecular flexibility index (Phi) is 11.9. The van der Waals surface area contributed by atoms with Crippen LogP contribution in [0.3, 0.4) is 0 Å². The van der Waals surface area contributed by atoms with Crippen molar-refractivity contribution in [3.8, 4) is 0 Å². The van der Waals surface area contributed by atoms with Gasteiger partial charge in [0.15, 0.2) is 5.03 Å². The highest BCUT2D eigenvalue weighted by Gasteiger charge is 2.20. The topological polar surface area (TPSA) is 181 Å². The minimum absolute atomic E-state index is 0.143. The quantitative estimate of drug-likeness (QED) is 0.0901. The van der Waals surface area contributed by atoms with Gasteiger partial charge in [0.05, 0.1) is 6.54 Å². The Hall–Kier alpha value is -2.92. The van der Waals surface area contributed by atoms with Gasteiger partial charge in [0.2, 0.25) is 17.7 Å². The van der Waals surface area contributed by atoms with E-state index in [0.717, 1.165) is 6.42 Å². The first-order valence-electron chi connectivity index (χ1n) is 8.64. The van der Waals surface area contributed by atoms with Crippen molar-refractivity contribution in [2.24, 2.45) is 16.6 Å². The molecule has 0 aliphatic heterocycles. The van der Waals surface area contributed by atoms with Crippen molar-refractivity contribution in [2.45, 2.75) is 46.1 Å². The average Bonchev–Trinajstić information content (AvgIpc) is 2.54. The van der Waals surface area contributed by atoms with Crippen molar-refractivity contribution < 1.29 is 19.4 Å². The summed E-state index contributed by atoms with van der Waals surface area (Å²) >= 11 is 0. The molecule has 0 rings (SSSR count). The second-order valence-corrected chi connectivity index (χ2v) is 6.28. The van der Waals surface area contributed by atoms with Gasteiger partial charge >= 0.3 is 0 Å². The van der Waals surface area contributed by atoms with Crippen LogP contribution < -0.4 is 27.1 Å². The highest BCUT2D eigenvalue weighted by molar-refractivity contribution is 5.89. The molecule has 0 heterocycles. The number of rotatable bonds is 12. The van der Waals surface area contributed by atoms with E-state index in [1.54, 1.807) is 5.43 Å². The molecule has 0 radical (unpaired) electrons. The molecule has 0 bridgehead atoms. The lowest BCUT2D eigenvalue weighted by atomic mass is 10.1. The van der Waals surface area contributed by atoms with Gasteiger partial charge in [-0.3, -0.25) is 14.4 Å². The van der Waals surface area contributed by atoms with Crippen LogP contribution in [0.15, 0.2) is 4.99 Å². The number of aliphatic imine (C=N–C) groups is 1. The number of nitrogens with two attached hydrogens (primary N) is 1. The molecule has 0 unspecified atom stereocenters. The summed E-state index contributed by atoms with van der Waals surface area (Å²) in [6.07, 6.45) is 1.42. The Balaban J connectivity index is 4.61. The van der Waals surface area contributed by atoms with Crippen LogP contribution in [0.25, 0.3) is 0 Å². The number of nitro groups is 1. The Morgan fingerprint density at radius 2 is 1.85 bits per heavy atom. The lowest BCUT2D eigenvalue weighted by Crippen LogP contribution is -2.49. The van der Waals surface area contributed by atoms with E-state index >= 15 is 0 Å². The highest BCUT2D eigenvalue weighted by Crippen LogP contribution is 2.01. The second-order valence-electron chi connectivity index (χ2n) is 6.28. The SMILES string of the molecule is CC(=O)NCC(=O)N[C@@H](CCCN=C(N)N[N+](=O)[O-])C(=O)NCCC(C)C. The van der Waals surface area contributed by atoms with E-state index in [9.17, 15) is 24.5 Å². The summed E-state index contributed by atoms with van der Waals surface area (Å²) < 4.78 is 0. The van der Waals surface area contributed by atoms with Gasteiger partial charge in [-0.2, -0.15) is 0 Å². The summed E-state index contributed by atoms with van der Waals surface area (Å²) in [5.74, 6) is -1.11. The molecule has 0 aromatic heterocycles. The predicted molar refractivity (Wildman–Crippen MR) is 98.9 cm³/mol. The zero-order valence-electron chi connectivity index (χ0n) is 15.9. The summed E-state index contributed by atoms with van der Waals surface area (Å²) in [5, 5.41) is 17.1. The fourth-order valence-corrected chi connectivity index (χ4v) is 1.95. The van der Waals surface area contributed by atoms with E-state index < -0.39 is 17.0 Å². The van der Waals surface area contributed by atoms with Crippen LogP contribution in [-0.4, -0.2) is 54.4 Å². The van der Waals surface area contributed by atoms with Crippen LogP contribution >= 0.6 is 0 Å². The number of nitrogens with one attached hydrogen (secondary N) is 4. The summed E-state index contributed by atoms with van der Waals surface area (Å²) in [4.78, 5) is 49.0. The molecule has 0 saturated carbocycles. The smallest absolute Gasteiger partial charge is 0.251 e. The average molecular weight is 387 g/mol. The number of carbonyl (C=O) groups is 3. The lowest BCUT2D eigenvalue weighted by molar-refractivity contribution is -0.525. The molecule has 0 aliphatic carbocycles. The maximum atomic E-state index is 12.3. The summed E-state index contributed by atoms with van der Waals surface area (Å²) in [7, 11) is 0.